The van der Waals surface area contributed by atoms with Crippen LogP contribution in [-0.4, -0.2) is 24.0 Å². The van der Waals surface area contributed by atoms with E-state index in [0.29, 0.717) is 11.6 Å². The lowest BCUT2D eigenvalue weighted by atomic mass is 10.2. The van der Waals surface area contributed by atoms with Crippen LogP contribution in [0.1, 0.15) is 18.1 Å². The minimum Gasteiger partial charge on any atom is -0.481 e. The van der Waals surface area contributed by atoms with Crippen LogP contribution in [0.15, 0.2) is 48.5 Å². The van der Waals surface area contributed by atoms with Gasteiger partial charge in [0.1, 0.15) is 5.75 Å². The summed E-state index contributed by atoms with van der Waals surface area (Å²) in [5, 5.41) is 0.689. The molecule has 0 aliphatic rings. The second-order valence-electron chi connectivity index (χ2n) is 5.35. The fourth-order valence-corrected chi connectivity index (χ4v) is 2.31. The van der Waals surface area contributed by atoms with E-state index in [4.69, 9.17) is 16.3 Å². The highest BCUT2D eigenvalue weighted by Crippen LogP contribution is 2.18. The highest BCUT2D eigenvalue weighted by molar-refractivity contribution is 6.30. The minimum atomic E-state index is -0.529. The van der Waals surface area contributed by atoms with E-state index < -0.39 is 6.10 Å². The van der Waals surface area contributed by atoms with Gasteiger partial charge in [-0.3, -0.25) is 4.79 Å². The molecular weight excluding hydrogens is 298 g/mol. The van der Waals surface area contributed by atoms with Crippen molar-refractivity contribution in [3.63, 3.8) is 0 Å². The molecule has 0 radical (unpaired) electrons. The zero-order valence-corrected chi connectivity index (χ0v) is 13.8. The van der Waals surface area contributed by atoms with E-state index in [1.807, 2.05) is 55.5 Å². The van der Waals surface area contributed by atoms with Crippen LogP contribution in [0, 0.1) is 6.92 Å². The van der Waals surface area contributed by atoms with Gasteiger partial charge < -0.3 is 9.64 Å². The molecule has 0 spiro atoms. The molecule has 2 aromatic carbocycles. The normalized spacial score (nSPS) is 11.8. The average Bonchev–Trinajstić information content (AvgIpc) is 2.51. The molecule has 0 fully saturated rings. The lowest BCUT2D eigenvalue weighted by Crippen LogP contribution is -2.37. The summed E-state index contributed by atoms with van der Waals surface area (Å²) in [6.07, 6.45) is -0.529. The lowest BCUT2D eigenvalue weighted by Gasteiger charge is -2.23. The van der Waals surface area contributed by atoms with Gasteiger partial charge in [-0.1, -0.05) is 41.9 Å². The lowest BCUT2D eigenvalue weighted by molar-refractivity contribution is -0.137. The topological polar surface area (TPSA) is 29.5 Å². The maximum Gasteiger partial charge on any atom is 0.263 e. The summed E-state index contributed by atoms with van der Waals surface area (Å²) in [5.74, 6) is 0.682. The van der Waals surface area contributed by atoms with Crippen LogP contribution < -0.4 is 4.74 Å². The summed E-state index contributed by atoms with van der Waals surface area (Å²) in [4.78, 5) is 14.1. The standard InChI is InChI=1S/C18H20ClNO2/c1-13-6-4-5-7-17(13)22-14(2)18(21)20(3)12-15-8-10-16(19)11-9-15/h4-11,14H,12H2,1-3H3. The number of aryl methyl sites for hydroxylation is 1. The predicted molar refractivity (Wildman–Crippen MR) is 89.2 cm³/mol. The molecule has 0 aliphatic heterocycles. The number of nitrogens with zero attached hydrogens (tertiary/aromatic N) is 1. The molecule has 4 heteroatoms. The summed E-state index contributed by atoms with van der Waals surface area (Å²) in [6.45, 7) is 4.26. The van der Waals surface area contributed by atoms with Crippen molar-refractivity contribution in [1.82, 2.24) is 4.90 Å². The van der Waals surface area contributed by atoms with E-state index in [2.05, 4.69) is 0 Å². The molecule has 0 aromatic heterocycles. The fourth-order valence-electron chi connectivity index (χ4n) is 2.18. The summed E-state index contributed by atoms with van der Waals surface area (Å²) >= 11 is 5.87. The first-order valence-corrected chi connectivity index (χ1v) is 7.57. The van der Waals surface area contributed by atoms with Gasteiger partial charge in [0.05, 0.1) is 0 Å². The second-order valence-corrected chi connectivity index (χ2v) is 5.78. The van der Waals surface area contributed by atoms with Gasteiger partial charge in [-0.25, -0.2) is 0 Å². The van der Waals surface area contributed by atoms with E-state index in [1.54, 1.807) is 18.9 Å². The van der Waals surface area contributed by atoms with Crippen LogP contribution >= 0.6 is 11.6 Å². The van der Waals surface area contributed by atoms with Crippen LogP contribution in [0.3, 0.4) is 0 Å². The Kier molecular flexibility index (Phi) is 5.45. The van der Waals surface area contributed by atoms with Crippen LogP contribution in [0.2, 0.25) is 5.02 Å². The molecule has 2 aromatic rings. The minimum absolute atomic E-state index is 0.0572. The maximum atomic E-state index is 12.4. The molecule has 1 unspecified atom stereocenters. The van der Waals surface area contributed by atoms with Gasteiger partial charge in [0.15, 0.2) is 6.10 Å². The van der Waals surface area contributed by atoms with Gasteiger partial charge in [-0.15, -0.1) is 0 Å². The Morgan fingerprint density at radius 1 is 1.18 bits per heavy atom. The van der Waals surface area contributed by atoms with Gasteiger partial charge in [0, 0.05) is 18.6 Å². The quantitative estimate of drug-likeness (QED) is 0.831. The molecule has 2 rings (SSSR count). The number of rotatable bonds is 5. The summed E-state index contributed by atoms with van der Waals surface area (Å²) < 4.78 is 5.77. The molecule has 0 saturated carbocycles. The third-order valence-corrected chi connectivity index (χ3v) is 3.71. The van der Waals surface area contributed by atoms with Crippen LogP contribution in [-0.2, 0) is 11.3 Å². The van der Waals surface area contributed by atoms with E-state index >= 15 is 0 Å². The zero-order valence-electron chi connectivity index (χ0n) is 13.0. The molecule has 116 valence electrons. The van der Waals surface area contributed by atoms with E-state index in [9.17, 15) is 4.79 Å². The number of hydrogen-bond acceptors (Lipinski definition) is 2. The molecule has 0 N–H and O–H groups in total. The Morgan fingerprint density at radius 2 is 1.82 bits per heavy atom. The second kappa shape index (κ2) is 7.32. The molecule has 1 amide bonds. The van der Waals surface area contributed by atoms with E-state index in [1.165, 1.54) is 0 Å². The van der Waals surface area contributed by atoms with Crippen LogP contribution in [0.5, 0.6) is 5.75 Å². The number of carbonyl (C=O) groups excluding carboxylic acids is 1. The van der Waals surface area contributed by atoms with Crippen molar-refractivity contribution >= 4 is 17.5 Å². The summed E-state index contributed by atoms with van der Waals surface area (Å²) in [6, 6.07) is 15.2. The number of benzene rings is 2. The molecule has 3 nitrogen and oxygen atoms in total. The molecule has 1 atom stereocenters. The Balaban J connectivity index is 1.97. The predicted octanol–water partition coefficient (Wildman–Crippen LogP) is 4.07. The van der Waals surface area contributed by atoms with Gasteiger partial charge >= 0.3 is 0 Å². The van der Waals surface area contributed by atoms with Crippen molar-refractivity contribution < 1.29 is 9.53 Å². The molecular formula is C18H20ClNO2. The van der Waals surface area contributed by atoms with Crippen molar-refractivity contribution in [2.24, 2.45) is 0 Å². The van der Waals surface area contributed by atoms with Gasteiger partial charge in [-0.05, 0) is 43.2 Å². The van der Waals surface area contributed by atoms with Crippen molar-refractivity contribution in [1.29, 1.82) is 0 Å². The number of hydrogen-bond donors (Lipinski definition) is 0. The third-order valence-electron chi connectivity index (χ3n) is 3.45. The highest BCUT2D eigenvalue weighted by Gasteiger charge is 2.19. The number of ether oxygens (including phenoxy) is 1. The monoisotopic (exact) mass is 317 g/mol. The van der Waals surface area contributed by atoms with E-state index in [-0.39, 0.29) is 5.91 Å². The smallest absolute Gasteiger partial charge is 0.263 e. The highest BCUT2D eigenvalue weighted by atomic mass is 35.5. The fraction of sp³-hybridized carbons (Fsp3) is 0.278. The first-order chi connectivity index (χ1) is 10.5. The molecule has 0 bridgehead atoms. The van der Waals surface area contributed by atoms with Crippen molar-refractivity contribution in [2.45, 2.75) is 26.5 Å². The summed E-state index contributed by atoms with van der Waals surface area (Å²) in [5.41, 5.74) is 2.05. The Labute approximate surface area is 136 Å². The first-order valence-electron chi connectivity index (χ1n) is 7.19. The Morgan fingerprint density at radius 3 is 2.45 bits per heavy atom. The first kappa shape index (κ1) is 16.4. The van der Waals surface area contributed by atoms with E-state index in [0.717, 1.165) is 16.9 Å². The number of carbonyl (C=O) groups is 1. The van der Waals surface area contributed by atoms with Crippen molar-refractivity contribution in [3.8, 4) is 5.75 Å². The Hall–Kier alpha value is -2.00. The van der Waals surface area contributed by atoms with Crippen molar-refractivity contribution in [2.75, 3.05) is 7.05 Å². The number of halogens is 1. The number of para-hydroxylation sites is 1. The average molecular weight is 318 g/mol. The molecule has 0 aliphatic carbocycles. The Bertz CT molecular complexity index is 640. The zero-order chi connectivity index (χ0) is 16.1. The van der Waals surface area contributed by atoms with Crippen LogP contribution in [0.25, 0.3) is 0 Å². The molecule has 22 heavy (non-hydrogen) atoms. The van der Waals surface area contributed by atoms with Crippen molar-refractivity contribution in [3.05, 3.63) is 64.7 Å². The van der Waals surface area contributed by atoms with Crippen LogP contribution in [0.4, 0.5) is 0 Å². The SMILES string of the molecule is Cc1ccccc1OC(C)C(=O)N(C)Cc1ccc(Cl)cc1. The molecule has 0 heterocycles. The number of likely N-dealkylation sites (N-methyl/N-ethyl adjacent to an activating group) is 1. The molecule has 0 saturated heterocycles. The maximum absolute atomic E-state index is 12.4. The third kappa shape index (κ3) is 4.25. The number of amides is 1. The summed E-state index contributed by atoms with van der Waals surface area (Å²) in [7, 11) is 1.77. The largest absolute Gasteiger partial charge is 0.481 e. The van der Waals surface area contributed by atoms with Gasteiger partial charge in [0.2, 0.25) is 0 Å². The van der Waals surface area contributed by atoms with Gasteiger partial charge in [0.25, 0.3) is 5.91 Å². The van der Waals surface area contributed by atoms with Gasteiger partial charge in [-0.2, -0.15) is 0 Å².